The Labute approximate surface area is 149 Å². The topological polar surface area (TPSA) is 91.7 Å². The summed E-state index contributed by atoms with van der Waals surface area (Å²) in [4.78, 5) is 29.8. The van der Waals surface area contributed by atoms with Crippen LogP contribution in [-0.4, -0.2) is 54.4 Å². The molecule has 4 rings (SSSR count). The minimum Gasteiger partial charge on any atom is -0.357 e. The van der Waals surface area contributed by atoms with Crippen LogP contribution in [0.4, 0.5) is 10.3 Å². The number of hydrogen-bond donors (Lipinski definition) is 2. The standard InChI is InChI=1S/C17H18FN7O/c1-24-8-14(22-10-24)12-7-25(16(26)13-3-2-4-19-13)9-15(12)23-17-20-5-11(18)6-21-17/h2-6,8,10,12,15,19H,7,9H2,1H3,(H,20,21,23)/t12-,15+/m0/s1. The highest BCUT2D eigenvalue weighted by Gasteiger charge is 2.38. The first-order chi connectivity index (χ1) is 12.6. The predicted octanol–water partition coefficient (Wildman–Crippen LogP) is 1.40. The fourth-order valence-corrected chi connectivity index (χ4v) is 3.23. The molecular formula is C17H18FN7O. The minimum absolute atomic E-state index is 0.0243. The minimum atomic E-state index is -0.494. The maximum absolute atomic E-state index is 13.0. The van der Waals surface area contributed by atoms with Gasteiger partial charge in [-0.2, -0.15) is 0 Å². The highest BCUT2D eigenvalue weighted by molar-refractivity contribution is 5.92. The Bertz CT molecular complexity index is 890. The zero-order valence-electron chi connectivity index (χ0n) is 14.1. The Kier molecular flexibility index (Phi) is 4.11. The van der Waals surface area contributed by atoms with Crippen LogP contribution >= 0.6 is 0 Å². The molecule has 3 aromatic heterocycles. The molecule has 134 valence electrons. The molecule has 0 radical (unpaired) electrons. The van der Waals surface area contributed by atoms with Gasteiger partial charge in [-0.05, 0) is 12.1 Å². The average molecular weight is 355 g/mol. The van der Waals surface area contributed by atoms with E-state index in [4.69, 9.17) is 0 Å². The van der Waals surface area contributed by atoms with Gasteiger partial charge in [0.1, 0.15) is 5.69 Å². The van der Waals surface area contributed by atoms with Crippen molar-refractivity contribution in [2.24, 2.45) is 7.05 Å². The lowest BCUT2D eigenvalue weighted by Crippen LogP contribution is -2.32. The first kappa shape index (κ1) is 16.2. The van der Waals surface area contributed by atoms with E-state index >= 15 is 0 Å². The van der Waals surface area contributed by atoms with Crippen LogP contribution in [0.3, 0.4) is 0 Å². The number of nitrogens with zero attached hydrogens (tertiary/aromatic N) is 5. The van der Waals surface area contributed by atoms with Crippen LogP contribution in [0.25, 0.3) is 0 Å². The number of aryl methyl sites for hydroxylation is 1. The van der Waals surface area contributed by atoms with Crippen molar-refractivity contribution >= 4 is 11.9 Å². The van der Waals surface area contributed by atoms with Crippen LogP contribution in [0.1, 0.15) is 22.1 Å². The third-order valence-corrected chi connectivity index (χ3v) is 4.48. The summed E-state index contributed by atoms with van der Waals surface area (Å²) in [7, 11) is 1.90. The highest BCUT2D eigenvalue weighted by Crippen LogP contribution is 2.29. The zero-order valence-corrected chi connectivity index (χ0v) is 14.1. The summed E-state index contributed by atoms with van der Waals surface area (Å²) in [5.74, 6) is -0.262. The van der Waals surface area contributed by atoms with Gasteiger partial charge in [-0.15, -0.1) is 0 Å². The van der Waals surface area contributed by atoms with Crippen molar-refractivity contribution in [2.75, 3.05) is 18.4 Å². The number of nitrogens with one attached hydrogen (secondary N) is 2. The quantitative estimate of drug-likeness (QED) is 0.738. The van der Waals surface area contributed by atoms with Crippen LogP contribution in [0.2, 0.25) is 0 Å². The summed E-state index contributed by atoms with van der Waals surface area (Å²) >= 11 is 0. The number of aromatic nitrogens is 5. The number of imidazole rings is 1. The molecule has 1 saturated heterocycles. The van der Waals surface area contributed by atoms with Gasteiger partial charge < -0.3 is 19.8 Å². The Morgan fingerprint density at radius 2 is 2.12 bits per heavy atom. The number of halogens is 1. The number of carbonyl (C=O) groups excluding carboxylic acids is 1. The van der Waals surface area contributed by atoms with Gasteiger partial charge >= 0.3 is 0 Å². The van der Waals surface area contributed by atoms with Crippen LogP contribution in [-0.2, 0) is 7.05 Å². The van der Waals surface area contributed by atoms with Crippen molar-refractivity contribution in [1.29, 1.82) is 0 Å². The number of amides is 1. The molecule has 2 atom stereocenters. The Balaban J connectivity index is 1.58. The third-order valence-electron chi connectivity index (χ3n) is 4.48. The SMILES string of the molecule is Cn1cnc([C@@H]2CN(C(=O)c3ccc[nH]3)C[C@H]2Nc2ncc(F)cn2)c1. The second-order valence-corrected chi connectivity index (χ2v) is 6.34. The summed E-state index contributed by atoms with van der Waals surface area (Å²) in [6, 6.07) is 3.41. The number of carbonyl (C=O) groups is 1. The van der Waals surface area contributed by atoms with Crippen molar-refractivity contribution in [2.45, 2.75) is 12.0 Å². The van der Waals surface area contributed by atoms with E-state index in [9.17, 15) is 9.18 Å². The number of hydrogen-bond acceptors (Lipinski definition) is 5. The van der Waals surface area contributed by atoms with E-state index in [0.29, 0.717) is 24.7 Å². The van der Waals surface area contributed by atoms with Gasteiger partial charge in [0.25, 0.3) is 5.91 Å². The van der Waals surface area contributed by atoms with E-state index < -0.39 is 5.82 Å². The zero-order chi connectivity index (χ0) is 18.1. The van der Waals surface area contributed by atoms with Gasteiger partial charge in [0.05, 0.1) is 30.5 Å². The Morgan fingerprint density at radius 1 is 1.31 bits per heavy atom. The molecule has 0 bridgehead atoms. The normalized spacial score (nSPS) is 19.7. The van der Waals surface area contributed by atoms with Crippen molar-refractivity contribution < 1.29 is 9.18 Å². The number of anilines is 1. The van der Waals surface area contributed by atoms with Crippen LogP contribution < -0.4 is 5.32 Å². The molecule has 8 nitrogen and oxygen atoms in total. The fourth-order valence-electron chi connectivity index (χ4n) is 3.23. The third kappa shape index (κ3) is 3.15. The smallest absolute Gasteiger partial charge is 0.270 e. The fraction of sp³-hybridized carbons (Fsp3) is 0.294. The van der Waals surface area contributed by atoms with Crippen molar-refractivity contribution in [3.8, 4) is 0 Å². The molecule has 0 aliphatic carbocycles. The molecule has 0 saturated carbocycles. The largest absolute Gasteiger partial charge is 0.357 e. The second-order valence-electron chi connectivity index (χ2n) is 6.34. The molecule has 1 amide bonds. The van der Waals surface area contributed by atoms with Gasteiger partial charge in [0.15, 0.2) is 5.82 Å². The van der Waals surface area contributed by atoms with E-state index in [2.05, 4.69) is 25.3 Å². The molecule has 1 aliphatic rings. The van der Waals surface area contributed by atoms with Gasteiger partial charge in [0, 0.05) is 38.4 Å². The average Bonchev–Trinajstić information content (AvgIpc) is 3.37. The van der Waals surface area contributed by atoms with Crippen LogP contribution in [0, 0.1) is 5.82 Å². The first-order valence-electron chi connectivity index (χ1n) is 8.25. The summed E-state index contributed by atoms with van der Waals surface area (Å²) in [5.41, 5.74) is 1.43. The van der Waals surface area contributed by atoms with E-state index in [-0.39, 0.29) is 17.9 Å². The summed E-state index contributed by atoms with van der Waals surface area (Å²) in [6.07, 6.45) is 7.62. The summed E-state index contributed by atoms with van der Waals surface area (Å²) in [6.45, 7) is 0.994. The first-order valence-corrected chi connectivity index (χ1v) is 8.25. The number of aromatic amines is 1. The maximum atomic E-state index is 13.0. The van der Waals surface area contributed by atoms with Crippen LogP contribution in [0.5, 0.6) is 0 Å². The molecule has 3 aromatic rings. The lowest BCUT2D eigenvalue weighted by Gasteiger charge is -2.17. The van der Waals surface area contributed by atoms with E-state index in [1.165, 1.54) is 0 Å². The molecule has 0 aromatic carbocycles. The second kappa shape index (κ2) is 6.58. The van der Waals surface area contributed by atoms with Gasteiger partial charge in [-0.3, -0.25) is 4.79 Å². The molecule has 1 fully saturated rings. The molecule has 26 heavy (non-hydrogen) atoms. The Morgan fingerprint density at radius 3 is 2.77 bits per heavy atom. The number of likely N-dealkylation sites (tertiary alicyclic amines) is 1. The predicted molar refractivity (Wildman–Crippen MR) is 92.0 cm³/mol. The van der Waals surface area contributed by atoms with Crippen molar-refractivity contribution in [3.63, 3.8) is 0 Å². The van der Waals surface area contributed by atoms with Gasteiger partial charge in [0.2, 0.25) is 5.95 Å². The van der Waals surface area contributed by atoms with Gasteiger partial charge in [-0.25, -0.2) is 19.3 Å². The molecule has 9 heteroatoms. The number of H-pyrrole nitrogens is 1. The monoisotopic (exact) mass is 355 g/mol. The van der Waals surface area contributed by atoms with Gasteiger partial charge in [-0.1, -0.05) is 0 Å². The van der Waals surface area contributed by atoms with Crippen LogP contribution in [0.15, 0.2) is 43.2 Å². The molecule has 0 spiro atoms. The van der Waals surface area contributed by atoms with E-state index in [0.717, 1.165) is 18.1 Å². The molecule has 1 aliphatic heterocycles. The van der Waals surface area contributed by atoms with Crippen molar-refractivity contribution in [1.82, 2.24) is 29.4 Å². The summed E-state index contributed by atoms with van der Waals surface area (Å²) in [5, 5.41) is 3.21. The van der Waals surface area contributed by atoms with E-state index in [1.807, 2.05) is 17.8 Å². The molecular weight excluding hydrogens is 337 g/mol. The lowest BCUT2D eigenvalue weighted by molar-refractivity contribution is 0.0784. The maximum Gasteiger partial charge on any atom is 0.270 e. The highest BCUT2D eigenvalue weighted by atomic mass is 19.1. The summed E-state index contributed by atoms with van der Waals surface area (Å²) < 4.78 is 14.9. The number of rotatable bonds is 4. The van der Waals surface area contributed by atoms with Crippen molar-refractivity contribution in [3.05, 3.63) is 60.5 Å². The molecule has 0 unspecified atom stereocenters. The Hall–Kier alpha value is -3.23. The lowest BCUT2D eigenvalue weighted by atomic mass is 10.0. The molecule has 4 heterocycles. The molecule has 2 N–H and O–H groups in total. The van der Waals surface area contributed by atoms with E-state index in [1.54, 1.807) is 29.6 Å².